The summed E-state index contributed by atoms with van der Waals surface area (Å²) in [7, 11) is 5.36. The molecule has 5 atom stereocenters. The van der Waals surface area contributed by atoms with Gasteiger partial charge < -0.3 is 29.1 Å². The summed E-state index contributed by atoms with van der Waals surface area (Å²) < 4.78 is 54.1. The Kier molecular flexibility index (Phi) is 5.93. The molecule has 1 spiro atoms. The van der Waals surface area contributed by atoms with Crippen molar-refractivity contribution in [3.05, 3.63) is 59.2 Å². The third kappa shape index (κ3) is 3.82. The van der Waals surface area contributed by atoms with Crippen molar-refractivity contribution in [2.75, 3.05) is 27.7 Å². The lowest BCUT2D eigenvalue weighted by Gasteiger charge is -2.64. The molecule has 10 heteroatoms. The maximum atomic E-state index is 13.4. The first-order valence-corrected chi connectivity index (χ1v) is 13.1. The average Bonchev–Trinajstić information content (AvgIpc) is 3.24. The van der Waals surface area contributed by atoms with Crippen LogP contribution >= 0.6 is 0 Å². The Balaban J connectivity index is 1.31. The number of nitrogens with zero attached hydrogens (tertiary/aromatic N) is 2. The van der Waals surface area contributed by atoms with Gasteiger partial charge in [0.2, 0.25) is 5.91 Å². The highest BCUT2D eigenvalue weighted by atomic mass is 19.4. The molecule has 1 saturated heterocycles. The summed E-state index contributed by atoms with van der Waals surface area (Å²) in [4.78, 5) is 17.2. The number of hydrogen-bond donors (Lipinski definition) is 1. The van der Waals surface area contributed by atoms with Crippen LogP contribution in [0.15, 0.2) is 42.5 Å². The number of alkyl halides is 3. The lowest BCUT2D eigenvalue weighted by molar-refractivity contribution is -0.274. The van der Waals surface area contributed by atoms with Crippen molar-refractivity contribution >= 4 is 12.0 Å². The highest BCUT2D eigenvalue weighted by Crippen LogP contribution is 2.65. The molecule has 1 N–H and O–H groups in total. The van der Waals surface area contributed by atoms with Crippen LogP contribution in [-0.2, 0) is 16.6 Å². The molecular weight excluding hydrogens is 513 g/mol. The van der Waals surface area contributed by atoms with Crippen molar-refractivity contribution in [2.45, 2.75) is 61.2 Å². The second-order valence-electron chi connectivity index (χ2n) is 11.0. The fourth-order valence-electron chi connectivity index (χ4n) is 7.54. The molecule has 2 bridgehead atoms. The van der Waals surface area contributed by atoms with E-state index in [4.69, 9.17) is 9.47 Å². The van der Waals surface area contributed by atoms with Crippen molar-refractivity contribution in [3.63, 3.8) is 0 Å². The molecule has 0 unspecified atom stereocenters. The van der Waals surface area contributed by atoms with E-state index in [9.17, 15) is 23.1 Å². The number of halogens is 3. The molecule has 208 valence electrons. The summed E-state index contributed by atoms with van der Waals surface area (Å²) in [5.74, 6) is 0.611. The summed E-state index contributed by atoms with van der Waals surface area (Å²) in [6.07, 6.45) is 0.0160. The average molecular weight is 545 g/mol. The van der Waals surface area contributed by atoms with Crippen LogP contribution in [0, 0.1) is 0 Å². The minimum absolute atomic E-state index is 0.0581. The van der Waals surface area contributed by atoms with E-state index in [1.165, 1.54) is 30.4 Å². The van der Waals surface area contributed by atoms with Crippen molar-refractivity contribution in [1.82, 2.24) is 9.80 Å². The summed E-state index contributed by atoms with van der Waals surface area (Å²) in [5.41, 5.74) is 0.877. The molecule has 2 fully saturated rings. The second-order valence-corrected chi connectivity index (χ2v) is 11.0. The van der Waals surface area contributed by atoms with Crippen molar-refractivity contribution < 1.29 is 37.3 Å². The zero-order valence-electron chi connectivity index (χ0n) is 22.0. The zero-order chi connectivity index (χ0) is 27.7. The normalized spacial score (nSPS) is 31.0. The molecule has 39 heavy (non-hydrogen) atoms. The number of hydrogen-bond acceptors (Lipinski definition) is 6. The maximum absolute atomic E-state index is 13.4. The van der Waals surface area contributed by atoms with Gasteiger partial charge in [0.25, 0.3) is 0 Å². The molecule has 2 aromatic carbocycles. The first kappa shape index (κ1) is 26.0. The molecule has 7 nitrogen and oxygen atoms in total. The van der Waals surface area contributed by atoms with Gasteiger partial charge in [-0.3, -0.25) is 4.79 Å². The minimum Gasteiger partial charge on any atom is -0.493 e. The van der Waals surface area contributed by atoms with E-state index >= 15 is 0 Å². The molecule has 4 aliphatic rings. The fraction of sp³-hybridized carbons (Fsp3) is 0.483. The Labute approximate surface area is 224 Å². The van der Waals surface area contributed by atoms with E-state index in [1.54, 1.807) is 25.1 Å². The predicted octanol–water partition coefficient (Wildman–Crippen LogP) is 3.92. The van der Waals surface area contributed by atoms with Crippen LogP contribution in [0.5, 0.6) is 17.2 Å². The topological polar surface area (TPSA) is 71.5 Å². The number of amides is 1. The molecule has 0 radical (unpaired) electrons. The largest absolute Gasteiger partial charge is 0.573 e. The summed E-state index contributed by atoms with van der Waals surface area (Å²) >= 11 is 0. The number of benzene rings is 2. The van der Waals surface area contributed by atoms with Gasteiger partial charge >= 0.3 is 6.36 Å². The molecule has 2 aromatic rings. The van der Waals surface area contributed by atoms with Gasteiger partial charge in [-0.1, -0.05) is 18.2 Å². The van der Waals surface area contributed by atoms with E-state index < -0.39 is 23.5 Å². The van der Waals surface area contributed by atoms with Gasteiger partial charge in [0.1, 0.15) is 11.9 Å². The molecule has 1 amide bonds. The fourth-order valence-corrected chi connectivity index (χ4v) is 7.54. The minimum atomic E-state index is -4.80. The first-order valence-electron chi connectivity index (χ1n) is 13.1. The van der Waals surface area contributed by atoms with Crippen LogP contribution in [0.1, 0.15) is 36.0 Å². The first-order chi connectivity index (χ1) is 18.5. The lowest BCUT2D eigenvalue weighted by atomic mass is 9.48. The Morgan fingerprint density at radius 2 is 2.05 bits per heavy atom. The van der Waals surface area contributed by atoms with Gasteiger partial charge in [0.05, 0.1) is 24.2 Å². The summed E-state index contributed by atoms with van der Waals surface area (Å²) in [6.45, 7) is 0.795. The number of ether oxygens (including phenoxy) is 3. The number of likely N-dealkylation sites (N-methyl/N-ethyl adjacent to an activating group) is 2. The SMILES string of the molecule is COc1ccc2c3c1O[C@H]1[C@H](N(C)C(=O)C=Cc4cccc(OC(F)(F)F)c4)CC[C@@]4(O)[C@@H](C2)N(C)CC[C@]314. The Morgan fingerprint density at radius 1 is 1.26 bits per heavy atom. The Hall–Kier alpha value is -3.24. The van der Waals surface area contributed by atoms with Crippen LogP contribution in [0.2, 0.25) is 0 Å². The lowest BCUT2D eigenvalue weighted by Crippen LogP contribution is -2.77. The standard InChI is InChI=1S/C29H31F3N2O5/c1-33-14-13-27-24-18-8-9-21(37-3)25(24)38-26(27)20(11-12-28(27,36)22(33)16-18)34(2)23(35)10-7-17-5-4-6-19(15-17)39-29(30,31)32/h4-10,15,20,22,26,36H,11-14,16H2,1-3H3/t20-,22-,26+,27+,28-/m1/s1. The van der Waals surface area contributed by atoms with E-state index in [0.29, 0.717) is 36.3 Å². The van der Waals surface area contributed by atoms with E-state index in [2.05, 4.69) is 22.8 Å². The molecule has 0 aromatic heterocycles. The van der Waals surface area contributed by atoms with E-state index in [1.807, 2.05) is 6.07 Å². The van der Waals surface area contributed by atoms with Gasteiger partial charge in [0.15, 0.2) is 11.5 Å². The predicted molar refractivity (Wildman–Crippen MR) is 137 cm³/mol. The number of rotatable bonds is 5. The van der Waals surface area contributed by atoms with Crippen LogP contribution in [0.4, 0.5) is 13.2 Å². The van der Waals surface area contributed by atoms with Crippen LogP contribution in [0.25, 0.3) is 6.08 Å². The number of piperidine rings is 1. The monoisotopic (exact) mass is 544 g/mol. The van der Waals surface area contributed by atoms with E-state index in [0.717, 1.165) is 24.1 Å². The molecule has 2 aliphatic heterocycles. The third-order valence-corrected chi connectivity index (χ3v) is 9.26. The zero-order valence-corrected chi connectivity index (χ0v) is 22.0. The van der Waals surface area contributed by atoms with Crippen molar-refractivity contribution in [1.29, 1.82) is 0 Å². The van der Waals surface area contributed by atoms with Crippen molar-refractivity contribution in [2.24, 2.45) is 0 Å². The summed E-state index contributed by atoms with van der Waals surface area (Å²) in [6, 6.07) is 9.05. The van der Waals surface area contributed by atoms with Crippen LogP contribution in [0.3, 0.4) is 0 Å². The number of carbonyl (C=O) groups is 1. The number of aliphatic hydroxyl groups is 1. The third-order valence-electron chi connectivity index (χ3n) is 9.26. The second kappa shape index (κ2) is 8.89. The molecule has 2 heterocycles. The quantitative estimate of drug-likeness (QED) is 0.576. The highest BCUT2D eigenvalue weighted by Gasteiger charge is 2.73. The van der Waals surface area contributed by atoms with Crippen LogP contribution < -0.4 is 14.2 Å². The molecule has 2 aliphatic carbocycles. The summed E-state index contributed by atoms with van der Waals surface area (Å²) in [5, 5.41) is 12.4. The Morgan fingerprint density at radius 3 is 2.79 bits per heavy atom. The van der Waals surface area contributed by atoms with Crippen LogP contribution in [-0.4, -0.2) is 78.7 Å². The number of carbonyl (C=O) groups excluding carboxylic acids is 1. The molecule has 1 saturated carbocycles. The van der Waals surface area contributed by atoms with Crippen molar-refractivity contribution in [3.8, 4) is 17.2 Å². The smallest absolute Gasteiger partial charge is 0.493 e. The van der Waals surface area contributed by atoms with Gasteiger partial charge in [0, 0.05) is 24.7 Å². The van der Waals surface area contributed by atoms with E-state index in [-0.39, 0.29) is 23.7 Å². The Bertz CT molecular complexity index is 1350. The van der Waals surface area contributed by atoms with Gasteiger partial charge in [-0.2, -0.15) is 0 Å². The highest BCUT2D eigenvalue weighted by molar-refractivity contribution is 5.92. The maximum Gasteiger partial charge on any atom is 0.573 e. The number of likely N-dealkylation sites (tertiary alicyclic amines) is 1. The number of methoxy groups -OCH3 is 1. The van der Waals surface area contributed by atoms with Gasteiger partial charge in [-0.15, -0.1) is 13.2 Å². The van der Waals surface area contributed by atoms with Gasteiger partial charge in [-0.25, -0.2) is 0 Å². The molecular formula is C29H31F3N2O5. The molecule has 6 rings (SSSR count). The van der Waals surface area contributed by atoms with Gasteiger partial charge in [-0.05, 0) is 74.7 Å².